The first-order valence-electron chi connectivity index (χ1n) is 11.4. The van der Waals surface area contributed by atoms with E-state index in [1.165, 1.54) is 17.0 Å². The van der Waals surface area contributed by atoms with E-state index in [2.05, 4.69) is 4.90 Å². The van der Waals surface area contributed by atoms with Crippen molar-refractivity contribution in [3.8, 4) is 5.75 Å². The van der Waals surface area contributed by atoms with Gasteiger partial charge in [-0.1, -0.05) is 26.0 Å². The van der Waals surface area contributed by atoms with Crippen LogP contribution in [0.2, 0.25) is 0 Å². The van der Waals surface area contributed by atoms with Gasteiger partial charge in [0.2, 0.25) is 0 Å². The Morgan fingerprint density at radius 2 is 1.85 bits per heavy atom. The molecule has 0 radical (unpaired) electrons. The number of hydrogen-bond donors (Lipinski definition) is 1. The molecule has 1 fully saturated rings. The molecule has 0 aliphatic carbocycles. The molecule has 33 heavy (non-hydrogen) atoms. The molecule has 2 aromatic rings. The van der Waals surface area contributed by atoms with Gasteiger partial charge in [0.15, 0.2) is 0 Å². The summed E-state index contributed by atoms with van der Waals surface area (Å²) in [5.74, 6) is -1.27. The van der Waals surface area contributed by atoms with Crippen LogP contribution in [0.15, 0.2) is 48.0 Å². The first-order valence-corrected chi connectivity index (χ1v) is 11.4. The average molecular weight is 453 g/mol. The lowest BCUT2D eigenvalue weighted by atomic mass is 9.94. The Morgan fingerprint density at radius 3 is 2.52 bits per heavy atom. The fourth-order valence-electron chi connectivity index (χ4n) is 4.62. The number of halogens is 1. The Hall–Kier alpha value is -3.19. The van der Waals surface area contributed by atoms with Crippen LogP contribution >= 0.6 is 0 Å². The highest BCUT2D eigenvalue weighted by atomic mass is 19.1. The lowest BCUT2D eigenvalue weighted by molar-refractivity contribution is -0.140. The number of rotatable bonds is 7. The highest BCUT2D eigenvalue weighted by molar-refractivity contribution is 6.46. The van der Waals surface area contributed by atoms with E-state index in [0.29, 0.717) is 30.6 Å². The van der Waals surface area contributed by atoms with Crippen molar-refractivity contribution in [2.45, 2.75) is 39.3 Å². The molecule has 6 nitrogen and oxygen atoms in total. The van der Waals surface area contributed by atoms with Gasteiger partial charge in [-0.15, -0.1) is 0 Å². The summed E-state index contributed by atoms with van der Waals surface area (Å²) in [7, 11) is 0. The Bertz CT molecular complexity index is 1090. The second-order valence-corrected chi connectivity index (χ2v) is 8.53. The van der Waals surface area contributed by atoms with Crippen LogP contribution in [-0.2, 0) is 16.0 Å². The van der Waals surface area contributed by atoms with Crippen LogP contribution in [0.4, 0.5) is 4.39 Å². The number of benzene rings is 2. The molecular formula is C26H29FN2O4. The summed E-state index contributed by atoms with van der Waals surface area (Å²) in [5.41, 5.74) is 2.01. The van der Waals surface area contributed by atoms with Crippen LogP contribution in [0.5, 0.6) is 5.75 Å². The van der Waals surface area contributed by atoms with Crippen molar-refractivity contribution in [1.82, 2.24) is 9.80 Å². The third kappa shape index (κ3) is 4.37. The van der Waals surface area contributed by atoms with Crippen molar-refractivity contribution in [3.63, 3.8) is 0 Å². The molecule has 0 aromatic heterocycles. The quantitative estimate of drug-likeness (QED) is 0.392. The number of nitrogens with zero attached hydrogens (tertiary/aromatic N) is 2. The van der Waals surface area contributed by atoms with E-state index in [1.54, 1.807) is 30.3 Å². The summed E-state index contributed by atoms with van der Waals surface area (Å²) in [6.07, 6.45) is 0.748. The molecule has 2 aliphatic rings. The maximum atomic E-state index is 13.6. The predicted octanol–water partition coefficient (Wildman–Crippen LogP) is 3.91. The van der Waals surface area contributed by atoms with Gasteiger partial charge in [0.25, 0.3) is 11.7 Å². The van der Waals surface area contributed by atoms with Crippen molar-refractivity contribution in [1.29, 1.82) is 0 Å². The summed E-state index contributed by atoms with van der Waals surface area (Å²) in [6.45, 7) is 8.58. The van der Waals surface area contributed by atoms with Gasteiger partial charge >= 0.3 is 0 Å². The number of carbonyl (C=O) groups excluding carboxylic acids is 2. The van der Waals surface area contributed by atoms with Crippen molar-refractivity contribution >= 4 is 17.4 Å². The second-order valence-electron chi connectivity index (χ2n) is 8.53. The lowest BCUT2D eigenvalue weighted by Gasteiger charge is -2.28. The molecule has 1 N–H and O–H groups in total. The number of ether oxygens (including phenoxy) is 1. The standard InChI is InChI=1S/C26H29FN2O4/c1-4-28(5-2)12-13-29-23(17-6-9-20(27)10-7-17)22(25(31)26(29)32)24(30)18-8-11-21-19(15-18)14-16(3)33-21/h6-11,15-16,23,30H,4-5,12-14H2,1-3H3/t16-,23-/m0/s1. The minimum Gasteiger partial charge on any atom is -0.507 e. The Balaban J connectivity index is 1.77. The van der Waals surface area contributed by atoms with Gasteiger partial charge in [-0.25, -0.2) is 4.39 Å². The fourth-order valence-corrected chi connectivity index (χ4v) is 4.62. The second kappa shape index (κ2) is 9.35. The average Bonchev–Trinajstić information content (AvgIpc) is 3.30. The normalized spacial score (nSPS) is 21.5. The van der Waals surface area contributed by atoms with Gasteiger partial charge in [0.1, 0.15) is 23.4 Å². The van der Waals surface area contributed by atoms with Crippen LogP contribution in [0.25, 0.3) is 5.76 Å². The zero-order chi connectivity index (χ0) is 23.7. The summed E-state index contributed by atoms with van der Waals surface area (Å²) >= 11 is 0. The minimum absolute atomic E-state index is 0.0260. The first-order chi connectivity index (χ1) is 15.8. The largest absolute Gasteiger partial charge is 0.507 e. The van der Waals surface area contributed by atoms with E-state index < -0.39 is 23.5 Å². The molecule has 2 aliphatic heterocycles. The molecule has 1 amide bonds. The number of aliphatic hydroxyl groups is 1. The monoisotopic (exact) mass is 452 g/mol. The maximum Gasteiger partial charge on any atom is 0.295 e. The van der Waals surface area contributed by atoms with E-state index >= 15 is 0 Å². The first kappa shape index (κ1) is 23.0. The molecule has 0 unspecified atom stereocenters. The van der Waals surface area contributed by atoms with Crippen LogP contribution < -0.4 is 4.74 Å². The van der Waals surface area contributed by atoms with Crippen molar-refractivity contribution in [2.24, 2.45) is 0 Å². The number of hydrogen-bond acceptors (Lipinski definition) is 5. The summed E-state index contributed by atoms with van der Waals surface area (Å²) in [6, 6.07) is 10.2. The Labute approximate surface area is 193 Å². The molecular weight excluding hydrogens is 423 g/mol. The number of ketones is 1. The van der Waals surface area contributed by atoms with Crippen molar-refractivity contribution in [3.05, 3.63) is 70.5 Å². The van der Waals surface area contributed by atoms with Gasteiger partial charge in [-0.05, 0) is 61.5 Å². The van der Waals surface area contributed by atoms with E-state index in [1.807, 2.05) is 20.8 Å². The van der Waals surface area contributed by atoms with Gasteiger partial charge in [-0.3, -0.25) is 9.59 Å². The number of amides is 1. The highest BCUT2D eigenvalue weighted by Gasteiger charge is 2.46. The molecule has 0 saturated carbocycles. The minimum atomic E-state index is -0.787. The van der Waals surface area contributed by atoms with Crippen LogP contribution in [0.1, 0.15) is 43.5 Å². The molecule has 0 spiro atoms. The summed E-state index contributed by atoms with van der Waals surface area (Å²) in [4.78, 5) is 29.8. The molecule has 2 atom stereocenters. The van der Waals surface area contributed by atoms with Gasteiger partial charge < -0.3 is 19.6 Å². The van der Waals surface area contributed by atoms with Crippen LogP contribution in [-0.4, -0.2) is 58.9 Å². The molecule has 1 saturated heterocycles. The molecule has 2 heterocycles. The Morgan fingerprint density at radius 1 is 1.15 bits per heavy atom. The summed E-state index contributed by atoms with van der Waals surface area (Å²) < 4.78 is 19.4. The lowest BCUT2D eigenvalue weighted by Crippen LogP contribution is -2.38. The zero-order valence-electron chi connectivity index (χ0n) is 19.2. The number of aliphatic hydroxyl groups excluding tert-OH is 1. The summed E-state index contributed by atoms with van der Waals surface area (Å²) in [5, 5.41) is 11.2. The molecule has 7 heteroatoms. The van der Waals surface area contributed by atoms with Crippen LogP contribution in [0, 0.1) is 5.82 Å². The fraction of sp³-hybridized carbons (Fsp3) is 0.385. The van der Waals surface area contributed by atoms with E-state index in [-0.39, 0.29) is 17.4 Å². The van der Waals surface area contributed by atoms with Gasteiger partial charge in [0.05, 0.1) is 11.6 Å². The molecule has 0 bridgehead atoms. The number of carbonyl (C=O) groups is 2. The zero-order valence-corrected chi connectivity index (χ0v) is 19.2. The third-order valence-corrected chi connectivity index (χ3v) is 6.45. The van der Waals surface area contributed by atoms with Gasteiger partial charge in [0, 0.05) is 25.1 Å². The van der Waals surface area contributed by atoms with Crippen molar-refractivity contribution in [2.75, 3.05) is 26.2 Å². The Kier molecular flexibility index (Phi) is 6.51. The maximum absolute atomic E-state index is 13.6. The number of Topliss-reactive ketones (excluding diaryl/α,β-unsaturated/α-hetero) is 1. The van der Waals surface area contributed by atoms with E-state index in [0.717, 1.165) is 24.4 Å². The van der Waals surface area contributed by atoms with Crippen LogP contribution in [0.3, 0.4) is 0 Å². The molecule has 174 valence electrons. The number of likely N-dealkylation sites (N-methyl/N-ethyl adjacent to an activating group) is 1. The number of likely N-dealkylation sites (tertiary alicyclic amines) is 1. The smallest absolute Gasteiger partial charge is 0.295 e. The van der Waals surface area contributed by atoms with E-state index in [9.17, 15) is 19.1 Å². The number of fused-ring (bicyclic) bond motifs is 1. The topological polar surface area (TPSA) is 70.1 Å². The third-order valence-electron chi connectivity index (χ3n) is 6.45. The van der Waals surface area contributed by atoms with Crippen molar-refractivity contribution < 1.29 is 23.8 Å². The molecule has 2 aromatic carbocycles. The SMILES string of the molecule is CCN(CC)CCN1C(=O)C(=O)C(=C(O)c2ccc3c(c2)C[C@H](C)O3)[C@@H]1c1ccc(F)cc1. The van der Waals surface area contributed by atoms with E-state index in [4.69, 9.17) is 4.74 Å². The predicted molar refractivity (Wildman–Crippen MR) is 123 cm³/mol. The highest BCUT2D eigenvalue weighted by Crippen LogP contribution is 2.40. The molecule has 4 rings (SSSR count). The van der Waals surface area contributed by atoms with Gasteiger partial charge in [-0.2, -0.15) is 0 Å².